The molecular formula is C47H39N2O4P. The number of pyridine rings is 1. The van der Waals surface area contributed by atoms with Gasteiger partial charge in [0, 0.05) is 33.3 Å². The molecule has 266 valence electrons. The third-order valence-corrected chi connectivity index (χ3v) is 12.2. The van der Waals surface area contributed by atoms with Gasteiger partial charge in [0.15, 0.2) is 0 Å². The summed E-state index contributed by atoms with van der Waals surface area (Å²) >= 11 is 0. The van der Waals surface area contributed by atoms with Crippen molar-refractivity contribution in [3.63, 3.8) is 0 Å². The molecule has 7 heteroatoms. The Morgan fingerprint density at radius 2 is 1.22 bits per heavy atom. The lowest BCUT2D eigenvalue weighted by molar-refractivity contribution is 0.102. The monoisotopic (exact) mass is 726 g/mol. The topological polar surface area (TPSA) is 77.5 Å². The van der Waals surface area contributed by atoms with Gasteiger partial charge in [-0.05, 0) is 138 Å². The SMILES string of the molecule is Cc1cccc(C(=O)Nc2ccc3c(c2-c2c(Op4oc5ccc6ccccc6c5c5c(ccc6ccccc65)o4)ccc4c2CCCC4)CCCC3)n1. The van der Waals surface area contributed by atoms with E-state index in [-0.39, 0.29) is 5.91 Å². The molecule has 0 bridgehead atoms. The molecule has 2 aromatic heterocycles. The molecule has 0 fully saturated rings. The normalized spacial score (nSPS) is 13.9. The van der Waals surface area contributed by atoms with Gasteiger partial charge in [0.25, 0.3) is 5.91 Å². The Balaban J connectivity index is 1.21. The number of anilines is 1. The molecule has 0 unspecified atom stereocenters. The van der Waals surface area contributed by atoms with Crippen LogP contribution in [-0.2, 0) is 25.7 Å². The molecule has 54 heavy (non-hydrogen) atoms. The van der Waals surface area contributed by atoms with Crippen LogP contribution in [0.3, 0.4) is 0 Å². The number of hydrogen-bond donors (Lipinski definition) is 1. The minimum Gasteiger partial charge on any atom is -0.390 e. The molecular weight excluding hydrogens is 688 g/mol. The first kappa shape index (κ1) is 32.8. The maximum atomic E-state index is 13.8. The van der Waals surface area contributed by atoms with Crippen LogP contribution < -0.4 is 9.84 Å². The van der Waals surface area contributed by atoms with Crippen LogP contribution in [0.25, 0.3) is 54.6 Å². The summed E-state index contributed by atoms with van der Waals surface area (Å²) in [5.74, 6) is 0.479. The Labute approximate surface area is 314 Å². The van der Waals surface area contributed by atoms with Crippen molar-refractivity contribution in [1.82, 2.24) is 4.98 Å². The number of nitrogens with zero attached hydrogens (tertiary/aromatic N) is 1. The number of carbonyl (C=O) groups excluding carboxylic acids is 1. The maximum absolute atomic E-state index is 13.8. The lowest BCUT2D eigenvalue weighted by atomic mass is 9.80. The molecule has 0 spiro atoms. The third-order valence-electron chi connectivity index (χ3n) is 11.2. The highest BCUT2D eigenvalue weighted by Crippen LogP contribution is 2.49. The van der Waals surface area contributed by atoms with Crippen molar-refractivity contribution < 1.29 is 17.7 Å². The maximum Gasteiger partial charge on any atom is 0.453 e. The number of benzene rings is 6. The first-order valence-electron chi connectivity index (χ1n) is 19.0. The average Bonchev–Trinajstić information content (AvgIpc) is 3.37. The van der Waals surface area contributed by atoms with Crippen LogP contribution in [0, 0.1) is 6.92 Å². The Kier molecular flexibility index (Phi) is 8.22. The lowest BCUT2D eigenvalue weighted by Crippen LogP contribution is -2.17. The van der Waals surface area contributed by atoms with Gasteiger partial charge in [0.1, 0.15) is 22.6 Å². The van der Waals surface area contributed by atoms with Crippen molar-refractivity contribution in [1.29, 1.82) is 0 Å². The van der Waals surface area contributed by atoms with Gasteiger partial charge in [0.05, 0.1) is 0 Å². The largest absolute Gasteiger partial charge is 0.453 e. The highest BCUT2D eigenvalue weighted by atomic mass is 31.1. The third kappa shape index (κ3) is 5.73. The summed E-state index contributed by atoms with van der Waals surface area (Å²) in [5.41, 5.74) is 10.7. The van der Waals surface area contributed by atoms with E-state index in [1.54, 1.807) is 6.07 Å². The first-order valence-corrected chi connectivity index (χ1v) is 20.1. The van der Waals surface area contributed by atoms with E-state index < -0.39 is 8.24 Å². The van der Waals surface area contributed by atoms with Crippen molar-refractivity contribution in [3.8, 4) is 16.9 Å². The number of amides is 1. The molecule has 10 rings (SSSR count). The number of aryl methyl sites for hydroxylation is 3. The van der Waals surface area contributed by atoms with E-state index in [2.05, 4.69) is 95.2 Å². The van der Waals surface area contributed by atoms with Gasteiger partial charge in [-0.1, -0.05) is 78.9 Å². The quantitative estimate of drug-likeness (QED) is 0.191. The van der Waals surface area contributed by atoms with E-state index in [1.165, 1.54) is 22.3 Å². The van der Waals surface area contributed by atoms with Gasteiger partial charge in [-0.2, -0.15) is 0 Å². The van der Waals surface area contributed by atoms with E-state index in [9.17, 15) is 4.79 Å². The number of aromatic nitrogens is 1. The zero-order valence-electron chi connectivity index (χ0n) is 30.2. The number of hydrogen-bond acceptors (Lipinski definition) is 5. The van der Waals surface area contributed by atoms with Crippen molar-refractivity contribution in [3.05, 3.63) is 149 Å². The molecule has 0 radical (unpaired) electrons. The Bertz CT molecular complexity index is 2740. The molecule has 1 N–H and O–H groups in total. The van der Waals surface area contributed by atoms with Crippen LogP contribution in [0.1, 0.15) is 64.1 Å². The Hall–Kier alpha value is -5.84. The fraction of sp³-hybridized carbons (Fsp3) is 0.191. The van der Waals surface area contributed by atoms with Gasteiger partial charge in [0.2, 0.25) is 0 Å². The number of rotatable bonds is 5. The molecule has 0 atom stereocenters. The highest BCUT2D eigenvalue weighted by Gasteiger charge is 2.28. The average molecular weight is 727 g/mol. The minimum absolute atomic E-state index is 0.226. The number of carbonyl (C=O) groups is 1. The number of fused-ring (bicyclic) bond motifs is 9. The summed E-state index contributed by atoms with van der Waals surface area (Å²) in [7, 11) is -1.95. The molecule has 0 saturated carbocycles. The summed E-state index contributed by atoms with van der Waals surface area (Å²) in [6.45, 7) is 1.90. The van der Waals surface area contributed by atoms with Crippen LogP contribution in [-0.4, -0.2) is 10.9 Å². The van der Waals surface area contributed by atoms with Crippen molar-refractivity contribution in [2.24, 2.45) is 0 Å². The van der Waals surface area contributed by atoms with Gasteiger partial charge in [-0.25, -0.2) is 4.98 Å². The molecule has 0 saturated heterocycles. The molecule has 6 nitrogen and oxygen atoms in total. The Morgan fingerprint density at radius 3 is 1.87 bits per heavy atom. The Morgan fingerprint density at radius 1 is 0.630 bits per heavy atom. The van der Waals surface area contributed by atoms with Crippen LogP contribution in [0.4, 0.5) is 5.69 Å². The highest BCUT2D eigenvalue weighted by molar-refractivity contribution is 7.32. The second-order valence-electron chi connectivity index (χ2n) is 14.6. The van der Waals surface area contributed by atoms with Crippen LogP contribution in [0.5, 0.6) is 5.75 Å². The second kappa shape index (κ2) is 13.5. The van der Waals surface area contributed by atoms with Gasteiger partial charge < -0.3 is 18.2 Å². The summed E-state index contributed by atoms with van der Waals surface area (Å²) in [4.78, 5) is 18.4. The second-order valence-corrected chi connectivity index (χ2v) is 15.5. The standard InChI is InChI=1S/C47H39N2O4P/c1-29-11-10-20-39(48-29)47(50)49-38-25-21-30-12-2-6-16-34(30)43(38)44-35-17-7-3-13-31(35)22-26-40(44)51-54-52-41-27-23-32-14-4-8-18-36(32)45(41)46-37-19-9-5-15-33(37)24-28-42(46)53-54/h4-5,8-11,14-15,18-28H,2-3,6-7,12-13,16-17H2,1H3,(H,49,50). The smallest absolute Gasteiger partial charge is 0.390 e. The zero-order valence-corrected chi connectivity index (χ0v) is 31.0. The number of nitrogens with one attached hydrogen (secondary N) is 1. The summed E-state index contributed by atoms with van der Waals surface area (Å²) in [6.07, 6.45) is 8.37. The molecule has 0 aliphatic heterocycles. The van der Waals surface area contributed by atoms with E-state index in [0.717, 1.165) is 117 Å². The van der Waals surface area contributed by atoms with Crippen LogP contribution >= 0.6 is 8.24 Å². The van der Waals surface area contributed by atoms with E-state index in [0.29, 0.717) is 11.4 Å². The fourth-order valence-electron chi connectivity index (χ4n) is 8.70. The van der Waals surface area contributed by atoms with Crippen LogP contribution in [0.2, 0.25) is 0 Å². The molecule has 2 aliphatic rings. The predicted molar refractivity (Wildman–Crippen MR) is 219 cm³/mol. The molecule has 2 heterocycles. The zero-order chi connectivity index (χ0) is 36.2. The predicted octanol–water partition coefficient (Wildman–Crippen LogP) is 12.8. The van der Waals surface area contributed by atoms with E-state index >= 15 is 0 Å². The van der Waals surface area contributed by atoms with Gasteiger partial charge in [-0.3, -0.25) is 4.79 Å². The van der Waals surface area contributed by atoms with E-state index in [1.807, 2.05) is 31.2 Å². The van der Waals surface area contributed by atoms with Crippen LogP contribution in [0.15, 0.2) is 124 Å². The first-order chi connectivity index (χ1) is 26.6. The summed E-state index contributed by atoms with van der Waals surface area (Å²) < 4.78 is 20.8. The minimum atomic E-state index is -1.95. The van der Waals surface area contributed by atoms with Gasteiger partial charge in [-0.15, -0.1) is 0 Å². The molecule has 1 amide bonds. The van der Waals surface area contributed by atoms with E-state index in [4.69, 9.17) is 12.9 Å². The molecule has 8 aromatic rings. The van der Waals surface area contributed by atoms with Crippen molar-refractivity contribution >= 4 is 63.3 Å². The summed E-state index contributed by atoms with van der Waals surface area (Å²) in [5, 5.41) is 9.77. The van der Waals surface area contributed by atoms with Gasteiger partial charge >= 0.3 is 8.24 Å². The molecule has 2 aliphatic carbocycles. The summed E-state index contributed by atoms with van der Waals surface area (Å²) in [6, 6.07) is 39.3. The van der Waals surface area contributed by atoms with Crippen molar-refractivity contribution in [2.75, 3.05) is 5.32 Å². The molecule has 6 aromatic carbocycles. The fourth-order valence-corrected chi connectivity index (χ4v) is 9.75. The van der Waals surface area contributed by atoms with Crippen molar-refractivity contribution in [2.45, 2.75) is 58.3 Å². The lowest BCUT2D eigenvalue weighted by Gasteiger charge is -2.27.